The fourth-order valence-corrected chi connectivity index (χ4v) is 2.39. The van der Waals surface area contributed by atoms with Gasteiger partial charge in [0.2, 0.25) is 11.7 Å². The van der Waals surface area contributed by atoms with Crippen molar-refractivity contribution < 1.29 is 129 Å². The third-order valence-electron chi connectivity index (χ3n) is 4.97. The van der Waals surface area contributed by atoms with E-state index in [1.54, 1.807) is 0 Å². The number of carboxylic acids is 1. The number of aliphatic carboxylic acids is 1. The molecule has 0 unspecified atom stereocenters. The lowest BCUT2D eigenvalue weighted by Gasteiger charge is -2.45. The molecular weight excluding hydrogens is 734 g/mol. The number of alkyl halides is 24. The Morgan fingerprint density at radius 2 is 0.733 bits per heavy atom. The maximum Gasteiger partial charge on any atom is 0.426 e. The Kier molecular flexibility index (Phi) is 10.6. The van der Waals surface area contributed by atoms with Gasteiger partial charge >= 0.3 is 71.3 Å². The molecule has 29 heteroatoms. The fourth-order valence-electron chi connectivity index (χ4n) is 2.39. The number of carbonyl (C=O) groups is 1. The Balaban J connectivity index is 7.37. The number of carboxylic acid groups (broad SMARTS) is 1. The van der Waals surface area contributed by atoms with E-state index in [1.807, 2.05) is 0 Å². The van der Waals surface area contributed by atoms with Crippen molar-refractivity contribution in [2.75, 3.05) is 6.61 Å². The third kappa shape index (κ3) is 5.56. The molecule has 0 aliphatic heterocycles. The summed E-state index contributed by atoms with van der Waals surface area (Å²) in [5.41, 5.74) is 0. The molecule has 0 atom stereocenters. The van der Waals surface area contributed by atoms with Gasteiger partial charge in [-0.25, -0.2) is 22.4 Å². The molecule has 0 aromatic rings. The summed E-state index contributed by atoms with van der Waals surface area (Å²) in [4.78, 5) is 9.98. The molecule has 1 N–H and O–H groups in total. The largest absolute Gasteiger partial charge is 0.480 e. The SMILES string of the molecule is O=C(O)COC(F)(F)C(F)(F)C(F)(F)C(F)(F)C(F)(F)C(F)(F)C(F)(F)C(F)(F)C(F)(F)C(F)(F)C(F)(F)C(F)=C(F)C(F)F. The first-order chi connectivity index (χ1) is 19.2. The zero-order valence-corrected chi connectivity index (χ0v) is 19.4. The van der Waals surface area contributed by atoms with Gasteiger partial charge in [-0.3, -0.25) is 0 Å². The molecule has 0 amide bonds. The molecule has 0 bridgehead atoms. The Labute approximate surface area is 226 Å². The molecule has 0 fully saturated rings. The van der Waals surface area contributed by atoms with Crippen LogP contribution in [0.1, 0.15) is 0 Å². The van der Waals surface area contributed by atoms with Gasteiger partial charge in [-0.1, -0.05) is 0 Å². The Morgan fingerprint density at radius 1 is 0.489 bits per heavy atom. The van der Waals surface area contributed by atoms with Crippen molar-refractivity contribution in [3.8, 4) is 0 Å². The van der Waals surface area contributed by atoms with Crippen molar-refractivity contribution in [1.29, 1.82) is 0 Å². The van der Waals surface area contributed by atoms with Crippen LogP contribution >= 0.6 is 0 Å². The summed E-state index contributed by atoms with van der Waals surface area (Å²) in [6, 6.07) is 0. The lowest BCUT2D eigenvalue weighted by Crippen LogP contribution is -2.77. The lowest BCUT2D eigenvalue weighted by atomic mass is 9.85. The van der Waals surface area contributed by atoms with E-state index in [2.05, 4.69) is 4.74 Å². The average Bonchev–Trinajstić information content (AvgIpc) is 2.85. The predicted octanol–water partition coefficient (Wildman–Crippen LogP) is 8.45. The van der Waals surface area contributed by atoms with E-state index in [-0.39, 0.29) is 0 Å². The molecule has 0 rings (SSSR count). The minimum Gasteiger partial charge on any atom is -0.480 e. The van der Waals surface area contributed by atoms with Gasteiger partial charge < -0.3 is 9.84 Å². The average molecular weight is 738 g/mol. The summed E-state index contributed by atoms with van der Waals surface area (Å²) in [6.07, 6.45) is -12.9. The number of ether oxygens (including phenoxy) is 1. The highest BCUT2D eigenvalue weighted by molar-refractivity contribution is 5.68. The molecule has 0 aromatic heterocycles. The molecule has 0 heterocycles. The monoisotopic (exact) mass is 738 g/mol. The first kappa shape index (κ1) is 42.3. The second-order valence-corrected chi connectivity index (χ2v) is 7.91. The van der Waals surface area contributed by atoms with Crippen LogP contribution in [-0.4, -0.2) is 89.4 Å². The van der Waals surface area contributed by atoms with Crippen LogP contribution in [0.3, 0.4) is 0 Å². The van der Waals surface area contributed by atoms with Crippen LogP contribution in [0.2, 0.25) is 0 Å². The van der Waals surface area contributed by atoms with Gasteiger partial charge in [0.15, 0.2) is 6.61 Å². The normalized spacial score (nSPS) is 16.7. The van der Waals surface area contributed by atoms with Crippen molar-refractivity contribution in [3.63, 3.8) is 0 Å². The highest BCUT2D eigenvalue weighted by Crippen LogP contribution is 2.67. The van der Waals surface area contributed by atoms with Gasteiger partial charge in [-0.15, -0.1) is 0 Å². The van der Waals surface area contributed by atoms with E-state index in [1.165, 1.54) is 0 Å². The van der Waals surface area contributed by atoms with Gasteiger partial charge in [0, 0.05) is 0 Å². The van der Waals surface area contributed by atoms with E-state index >= 15 is 0 Å². The quantitative estimate of drug-likeness (QED) is 0.172. The maximum atomic E-state index is 13.7. The summed E-state index contributed by atoms with van der Waals surface area (Å²) in [5.74, 6) is -105. The standard InChI is InChI=1S/C16H4F26O3/c17-3(5(19)20)4(18)6(21,22)7(23,24)8(25,26)9(27,28)10(29,30)11(31,32)12(33,34)13(35,36)14(37,38)15(39,40)16(41,42)45-1-2(43)44/h5H,1H2,(H,43,44). The molecule has 0 saturated carbocycles. The smallest absolute Gasteiger partial charge is 0.426 e. The number of hydrogen-bond donors (Lipinski definition) is 1. The van der Waals surface area contributed by atoms with E-state index in [0.717, 1.165) is 0 Å². The molecule has 0 spiro atoms. The summed E-state index contributed by atoms with van der Waals surface area (Å²) in [5, 5.41) is 7.91. The van der Waals surface area contributed by atoms with Crippen molar-refractivity contribution in [1.82, 2.24) is 0 Å². The second-order valence-electron chi connectivity index (χ2n) is 7.91. The lowest BCUT2D eigenvalue weighted by molar-refractivity contribution is -0.484. The zero-order valence-electron chi connectivity index (χ0n) is 19.4. The highest BCUT2D eigenvalue weighted by Gasteiger charge is 2.99. The van der Waals surface area contributed by atoms with Crippen LogP contribution in [0.5, 0.6) is 0 Å². The third-order valence-corrected chi connectivity index (χ3v) is 4.97. The van der Waals surface area contributed by atoms with Gasteiger partial charge in [0.05, 0.1) is 0 Å². The van der Waals surface area contributed by atoms with E-state index < -0.39 is 96.0 Å². The van der Waals surface area contributed by atoms with E-state index in [0.29, 0.717) is 0 Å². The first-order valence-electron chi connectivity index (χ1n) is 9.53. The summed E-state index contributed by atoms with van der Waals surface area (Å²) in [7, 11) is 0. The molecule has 45 heavy (non-hydrogen) atoms. The van der Waals surface area contributed by atoms with Gasteiger partial charge in [-0.05, 0) is 0 Å². The van der Waals surface area contributed by atoms with Crippen LogP contribution in [0.25, 0.3) is 0 Å². The molecule has 0 radical (unpaired) electrons. The van der Waals surface area contributed by atoms with Crippen LogP contribution in [-0.2, 0) is 9.53 Å². The minimum absolute atomic E-state index is 2.16. The van der Waals surface area contributed by atoms with Gasteiger partial charge in [0.1, 0.15) is 0 Å². The first-order valence-corrected chi connectivity index (χ1v) is 9.53. The summed E-state index contributed by atoms with van der Waals surface area (Å²) >= 11 is 0. The molecule has 3 nitrogen and oxygen atoms in total. The fraction of sp³-hybridized carbons (Fsp3) is 0.812. The number of rotatable bonds is 15. The van der Waals surface area contributed by atoms with Crippen molar-refractivity contribution in [2.45, 2.75) is 71.8 Å². The molecular formula is C16H4F26O3. The number of halogens is 26. The van der Waals surface area contributed by atoms with Gasteiger partial charge in [0.25, 0.3) is 6.43 Å². The highest BCUT2D eigenvalue weighted by atomic mass is 19.4. The molecule has 0 saturated heterocycles. The summed E-state index contributed by atoms with van der Waals surface area (Å²) < 4.78 is 349. The molecule has 268 valence electrons. The van der Waals surface area contributed by atoms with Gasteiger partial charge in [-0.2, -0.15) is 96.6 Å². The van der Waals surface area contributed by atoms with Crippen molar-refractivity contribution in [3.05, 3.63) is 11.7 Å². The number of hydrogen-bond acceptors (Lipinski definition) is 2. The Bertz CT molecular complexity index is 1140. The van der Waals surface area contributed by atoms with Crippen LogP contribution in [0, 0.1) is 0 Å². The molecule has 0 aromatic carbocycles. The van der Waals surface area contributed by atoms with Crippen LogP contribution in [0.4, 0.5) is 114 Å². The topological polar surface area (TPSA) is 46.5 Å². The summed E-state index contributed by atoms with van der Waals surface area (Å²) in [6.45, 7) is -2.97. The maximum absolute atomic E-state index is 13.7. The van der Waals surface area contributed by atoms with Crippen molar-refractivity contribution >= 4 is 5.97 Å². The number of allylic oxidation sites excluding steroid dienone is 2. The molecule has 0 aliphatic rings. The van der Waals surface area contributed by atoms with Crippen LogP contribution < -0.4 is 0 Å². The zero-order chi connectivity index (χ0) is 37.2. The predicted molar refractivity (Wildman–Crippen MR) is 83.3 cm³/mol. The Hall–Kier alpha value is -2.65. The van der Waals surface area contributed by atoms with E-state index in [9.17, 15) is 119 Å². The van der Waals surface area contributed by atoms with Crippen molar-refractivity contribution in [2.24, 2.45) is 0 Å². The van der Waals surface area contributed by atoms with E-state index in [4.69, 9.17) is 5.11 Å². The second kappa shape index (κ2) is 11.3. The minimum atomic E-state index is -9.69. The Morgan fingerprint density at radius 3 is 0.978 bits per heavy atom. The van der Waals surface area contributed by atoms with Crippen LogP contribution in [0.15, 0.2) is 11.7 Å². The molecule has 0 aliphatic carbocycles.